The fraction of sp³-hybridized carbons (Fsp3) is 0.130. The summed E-state index contributed by atoms with van der Waals surface area (Å²) in [5, 5.41) is 8.92. The van der Waals surface area contributed by atoms with Crippen molar-refractivity contribution in [3.05, 3.63) is 95.6 Å². The van der Waals surface area contributed by atoms with Crippen LogP contribution in [-0.4, -0.2) is 11.7 Å². The van der Waals surface area contributed by atoms with Gasteiger partial charge in [0.05, 0.1) is 6.61 Å². The molecule has 0 aromatic heterocycles. The fourth-order valence-electron chi connectivity index (χ4n) is 2.76. The van der Waals surface area contributed by atoms with Crippen molar-refractivity contribution in [2.45, 2.75) is 13.8 Å². The van der Waals surface area contributed by atoms with Crippen LogP contribution in [0.3, 0.4) is 0 Å². The van der Waals surface area contributed by atoms with E-state index in [0.717, 1.165) is 22.6 Å². The normalized spacial score (nSPS) is 11.0. The minimum atomic E-state index is 0.0562. The van der Waals surface area contributed by atoms with E-state index in [4.69, 9.17) is 5.11 Å². The summed E-state index contributed by atoms with van der Waals surface area (Å²) in [6, 6.07) is 25.5. The van der Waals surface area contributed by atoms with Gasteiger partial charge in [-0.25, -0.2) is 0 Å². The van der Waals surface area contributed by atoms with Crippen LogP contribution in [0.1, 0.15) is 16.7 Å². The van der Waals surface area contributed by atoms with Crippen molar-refractivity contribution in [3.63, 3.8) is 0 Å². The molecule has 0 saturated carbocycles. The zero-order chi connectivity index (χ0) is 17.6. The van der Waals surface area contributed by atoms with Gasteiger partial charge in [0.1, 0.15) is 0 Å². The molecule has 0 spiro atoms. The topological polar surface area (TPSA) is 23.5 Å². The SMILES string of the molecule is Cc1ccc(N(c2ccc(C)cc2)c2ccc(/C=C/CO)cc2)cc1. The van der Waals surface area contributed by atoms with Crippen LogP contribution in [0.15, 0.2) is 78.9 Å². The molecule has 0 saturated heterocycles. The smallest absolute Gasteiger partial charge is 0.0615 e. The summed E-state index contributed by atoms with van der Waals surface area (Å²) in [6.45, 7) is 4.26. The van der Waals surface area contributed by atoms with Crippen LogP contribution in [-0.2, 0) is 0 Å². The van der Waals surface area contributed by atoms with Crippen molar-refractivity contribution in [2.75, 3.05) is 11.5 Å². The molecule has 1 N–H and O–H groups in total. The quantitative estimate of drug-likeness (QED) is 0.641. The summed E-state index contributed by atoms with van der Waals surface area (Å²) < 4.78 is 0. The average Bonchev–Trinajstić information content (AvgIpc) is 2.64. The molecule has 0 aliphatic rings. The van der Waals surface area contributed by atoms with Crippen molar-refractivity contribution >= 4 is 23.1 Å². The minimum Gasteiger partial charge on any atom is -0.392 e. The predicted molar refractivity (Wildman–Crippen MR) is 107 cm³/mol. The Hall–Kier alpha value is -2.84. The summed E-state index contributed by atoms with van der Waals surface area (Å²) >= 11 is 0. The molecule has 3 aromatic rings. The lowest BCUT2D eigenvalue weighted by Gasteiger charge is -2.25. The molecule has 0 unspecified atom stereocenters. The van der Waals surface area contributed by atoms with E-state index in [1.54, 1.807) is 6.08 Å². The van der Waals surface area contributed by atoms with E-state index < -0.39 is 0 Å². The molecule has 0 aliphatic heterocycles. The molecule has 0 amide bonds. The van der Waals surface area contributed by atoms with Gasteiger partial charge in [0.2, 0.25) is 0 Å². The second-order valence-electron chi connectivity index (χ2n) is 6.18. The molecule has 2 heteroatoms. The number of nitrogens with zero attached hydrogens (tertiary/aromatic N) is 1. The van der Waals surface area contributed by atoms with E-state index in [-0.39, 0.29) is 6.61 Å². The van der Waals surface area contributed by atoms with Crippen LogP contribution in [0.5, 0.6) is 0 Å². The number of hydrogen-bond acceptors (Lipinski definition) is 2. The molecule has 126 valence electrons. The van der Waals surface area contributed by atoms with Crippen molar-refractivity contribution in [1.82, 2.24) is 0 Å². The summed E-state index contributed by atoms with van der Waals surface area (Å²) in [5.41, 5.74) is 6.94. The Kier molecular flexibility index (Phi) is 5.32. The first-order valence-electron chi connectivity index (χ1n) is 8.48. The monoisotopic (exact) mass is 329 g/mol. The summed E-state index contributed by atoms with van der Waals surface area (Å²) in [4.78, 5) is 2.25. The Morgan fingerprint density at radius 1 is 0.680 bits per heavy atom. The molecule has 3 rings (SSSR count). The van der Waals surface area contributed by atoms with Gasteiger partial charge < -0.3 is 10.0 Å². The highest BCUT2D eigenvalue weighted by Crippen LogP contribution is 2.34. The second-order valence-corrected chi connectivity index (χ2v) is 6.18. The lowest BCUT2D eigenvalue weighted by Crippen LogP contribution is -2.09. The number of rotatable bonds is 5. The molecule has 0 heterocycles. The van der Waals surface area contributed by atoms with E-state index >= 15 is 0 Å². The van der Waals surface area contributed by atoms with Crippen molar-refractivity contribution in [1.29, 1.82) is 0 Å². The highest BCUT2D eigenvalue weighted by molar-refractivity contribution is 5.77. The van der Waals surface area contributed by atoms with Gasteiger partial charge in [-0.15, -0.1) is 0 Å². The lowest BCUT2D eigenvalue weighted by molar-refractivity contribution is 0.343. The predicted octanol–water partition coefficient (Wildman–Crippen LogP) is 5.78. The van der Waals surface area contributed by atoms with Crippen LogP contribution in [0.25, 0.3) is 6.08 Å². The second kappa shape index (κ2) is 7.82. The third kappa shape index (κ3) is 4.17. The van der Waals surface area contributed by atoms with E-state index in [0.29, 0.717) is 0 Å². The molecule has 0 fully saturated rings. The number of anilines is 3. The van der Waals surface area contributed by atoms with Gasteiger partial charge >= 0.3 is 0 Å². The van der Waals surface area contributed by atoms with Crippen LogP contribution in [0.2, 0.25) is 0 Å². The third-order valence-corrected chi connectivity index (χ3v) is 4.15. The summed E-state index contributed by atoms with van der Waals surface area (Å²) in [7, 11) is 0. The van der Waals surface area contributed by atoms with Crippen LogP contribution in [0, 0.1) is 13.8 Å². The molecular formula is C23H23NO. The van der Waals surface area contributed by atoms with Gasteiger partial charge in [-0.3, -0.25) is 0 Å². The standard InChI is InChI=1S/C23H23NO/c1-18-5-11-21(12-6-18)24(22-13-7-19(2)8-14-22)23-15-9-20(10-16-23)4-3-17-25/h3-16,25H,17H2,1-2H3/b4-3+. The first-order chi connectivity index (χ1) is 12.2. The lowest BCUT2D eigenvalue weighted by atomic mass is 10.1. The van der Waals surface area contributed by atoms with Gasteiger partial charge in [0.25, 0.3) is 0 Å². The highest BCUT2D eigenvalue weighted by Gasteiger charge is 2.11. The molecule has 25 heavy (non-hydrogen) atoms. The molecule has 0 aliphatic carbocycles. The molecular weight excluding hydrogens is 306 g/mol. The Bertz CT molecular complexity index is 785. The van der Waals surface area contributed by atoms with E-state index in [1.165, 1.54) is 11.1 Å². The van der Waals surface area contributed by atoms with Crippen molar-refractivity contribution in [3.8, 4) is 0 Å². The van der Waals surface area contributed by atoms with Gasteiger partial charge in [0.15, 0.2) is 0 Å². The fourth-order valence-corrected chi connectivity index (χ4v) is 2.76. The van der Waals surface area contributed by atoms with Gasteiger partial charge in [-0.2, -0.15) is 0 Å². The third-order valence-electron chi connectivity index (χ3n) is 4.15. The maximum atomic E-state index is 8.92. The van der Waals surface area contributed by atoms with Gasteiger partial charge in [0, 0.05) is 17.1 Å². The average molecular weight is 329 g/mol. The largest absolute Gasteiger partial charge is 0.392 e. The van der Waals surface area contributed by atoms with Gasteiger partial charge in [-0.05, 0) is 55.8 Å². The summed E-state index contributed by atoms with van der Waals surface area (Å²) in [6.07, 6.45) is 3.67. The maximum Gasteiger partial charge on any atom is 0.0615 e. The summed E-state index contributed by atoms with van der Waals surface area (Å²) in [5.74, 6) is 0. The Morgan fingerprint density at radius 2 is 1.08 bits per heavy atom. The van der Waals surface area contributed by atoms with E-state index in [1.807, 2.05) is 6.08 Å². The number of aliphatic hydroxyl groups excluding tert-OH is 1. The first kappa shape index (κ1) is 17.0. The number of aliphatic hydroxyl groups is 1. The number of aryl methyl sites for hydroxylation is 2. The number of hydrogen-bond donors (Lipinski definition) is 1. The van der Waals surface area contributed by atoms with Crippen LogP contribution < -0.4 is 4.90 Å². The molecule has 3 aromatic carbocycles. The number of benzene rings is 3. The van der Waals surface area contributed by atoms with Gasteiger partial charge in [-0.1, -0.05) is 59.7 Å². The minimum absolute atomic E-state index is 0.0562. The molecule has 0 bridgehead atoms. The molecule has 0 radical (unpaired) electrons. The first-order valence-corrected chi connectivity index (χ1v) is 8.48. The van der Waals surface area contributed by atoms with Crippen LogP contribution >= 0.6 is 0 Å². The highest BCUT2D eigenvalue weighted by atomic mass is 16.2. The molecule has 0 atom stereocenters. The van der Waals surface area contributed by atoms with Crippen molar-refractivity contribution in [2.24, 2.45) is 0 Å². The van der Waals surface area contributed by atoms with E-state index in [9.17, 15) is 0 Å². The van der Waals surface area contributed by atoms with E-state index in [2.05, 4.69) is 91.5 Å². The zero-order valence-electron chi connectivity index (χ0n) is 14.7. The van der Waals surface area contributed by atoms with Crippen LogP contribution in [0.4, 0.5) is 17.1 Å². The Morgan fingerprint density at radius 3 is 1.48 bits per heavy atom. The molecule has 2 nitrogen and oxygen atoms in total. The maximum absolute atomic E-state index is 8.92. The Labute approximate surface area is 149 Å². The Balaban J connectivity index is 2.02. The zero-order valence-corrected chi connectivity index (χ0v) is 14.7. The van der Waals surface area contributed by atoms with Crippen molar-refractivity contribution < 1.29 is 5.11 Å².